The molecule has 0 aliphatic rings. The van der Waals surface area contributed by atoms with Gasteiger partial charge in [0.05, 0.1) is 16.8 Å². The number of nitrogens with zero attached hydrogens (tertiary/aromatic N) is 2. The van der Waals surface area contributed by atoms with Crippen LogP contribution in [0.25, 0.3) is 10.9 Å². The number of aryl methyl sites for hydroxylation is 1. The summed E-state index contributed by atoms with van der Waals surface area (Å²) in [6.07, 6.45) is 1.95. The molecule has 1 aromatic heterocycles. The molecule has 120 valence electrons. The van der Waals surface area contributed by atoms with Crippen LogP contribution in [0, 0.1) is 11.8 Å². The molecule has 2 aromatic carbocycles. The van der Waals surface area contributed by atoms with Gasteiger partial charge in [0.2, 0.25) is 0 Å². The molecule has 0 aliphatic heterocycles. The molecule has 0 radical (unpaired) electrons. The van der Waals surface area contributed by atoms with E-state index >= 15 is 0 Å². The normalized spacial score (nSPS) is 11.7. The Morgan fingerprint density at radius 1 is 0.917 bits per heavy atom. The largest absolute Gasteiger partial charge is 0.342 e. The maximum atomic E-state index is 4.68. The highest BCUT2D eigenvalue weighted by Gasteiger charge is 2.13. The van der Waals surface area contributed by atoms with Crippen LogP contribution in [0.1, 0.15) is 37.6 Å². The first-order valence-corrected chi connectivity index (χ1v) is 8.15. The van der Waals surface area contributed by atoms with Gasteiger partial charge in [-0.2, -0.15) is 0 Å². The predicted octanol–water partition coefficient (Wildman–Crippen LogP) is 4.80. The predicted molar refractivity (Wildman–Crippen MR) is 103 cm³/mol. The quantitative estimate of drug-likeness (QED) is 0.454. The van der Waals surface area contributed by atoms with Crippen LogP contribution < -0.4 is 0 Å². The van der Waals surface area contributed by atoms with E-state index in [0.717, 1.165) is 16.8 Å². The van der Waals surface area contributed by atoms with Crippen molar-refractivity contribution >= 4 is 17.1 Å². The molecule has 0 amide bonds. The van der Waals surface area contributed by atoms with E-state index < -0.39 is 0 Å². The molecule has 0 N–H and O–H groups in total. The standard InChI is InChI=1S/C22H22N2/c1-22(2,3)23-16-21-19(15-14-17-10-6-5-7-11-17)18-12-8-9-13-20(18)24(21)4/h5-13,16H,1-4H3. The molecule has 1 heterocycles. The second-order valence-corrected chi connectivity index (χ2v) is 6.88. The highest BCUT2D eigenvalue weighted by atomic mass is 15.0. The van der Waals surface area contributed by atoms with Crippen molar-refractivity contribution < 1.29 is 0 Å². The maximum absolute atomic E-state index is 4.68. The van der Waals surface area contributed by atoms with Gasteiger partial charge in [0.15, 0.2) is 0 Å². The Morgan fingerprint density at radius 2 is 1.58 bits per heavy atom. The Hall–Kier alpha value is -2.79. The minimum absolute atomic E-state index is 0.111. The van der Waals surface area contributed by atoms with Crippen molar-refractivity contribution in [1.29, 1.82) is 0 Å². The molecule has 0 fully saturated rings. The summed E-state index contributed by atoms with van der Waals surface area (Å²) in [5.74, 6) is 6.65. The first-order valence-electron chi connectivity index (χ1n) is 8.15. The monoisotopic (exact) mass is 314 g/mol. The number of para-hydroxylation sites is 1. The van der Waals surface area contributed by atoms with E-state index in [1.54, 1.807) is 0 Å². The van der Waals surface area contributed by atoms with Crippen molar-refractivity contribution in [3.8, 4) is 11.8 Å². The molecule has 2 nitrogen and oxygen atoms in total. The van der Waals surface area contributed by atoms with E-state index in [4.69, 9.17) is 0 Å². The summed E-state index contributed by atoms with van der Waals surface area (Å²) in [4.78, 5) is 4.68. The summed E-state index contributed by atoms with van der Waals surface area (Å²) in [6.45, 7) is 6.30. The van der Waals surface area contributed by atoms with E-state index in [1.807, 2.05) is 36.5 Å². The number of benzene rings is 2. The van der Waals surface area contributed by atoms with Gasteiger partial charge in [0.1, 0.15) is 0 Å². The molecule has 3 aromatic rings. The highest BCUT2D eigenvalue weighted by molar-refractivity contribution is 5.97. The Bertz CT molecular complexity index is 943. The van der Waals surface area contributed by atoms with Crippen LogP contribution in [0.15, 0.2) is 59.6 Å². The number of fused-ring (bicyclic) bond motifs is 1. The zero-order valence-electron chi connectivity index (χ0n) is 14.7. The third-order valence-corrected chi connectivity index (χ3v) is 3.83. The van der Waals surface area contributed by atoms with E-state index in [1.165, 1.54) is 10.9 Å². The highest BCUT2D eigenvalue weighted by Crippen LogP contribution is 2.24. The molecule has 24 heavy (non-hydrogen) atoms. The number of aliphatic imine (C=N–C) groups is 1. The van der Waals surface area contributed by atoms with E-state index in [-0.39, 0.29) is 5.54 Å². The lowest BCUT2D eigenvalue weighted by Crippen LogP contribution is -2.10. The fourth-order valence-corrected chi connectivity index (χ4v) is 2.61. The van der Waals surface area contributed by atoms with Crippen LogP contribution in [0.4, 0.5) is 0 Å². The van der Waals surface area contributed by atoms with Gasteiger partial charge in [-0.15, -0.1) is 0 Å². The molecule has 3 rings (SSSR count). The summed E-state index contributed by atoms with van der Waals surface area (Å²) in [7, 11) is 2.07. The first kappa shape index (κ1) is 16.1. The van der Waals surface area contributed by atoms with Crippen molar-refractivity contribution in [3.05, 3.63) is 71.4 Å². The third kappa shape index (κ3) is 3.41. The van der Waals surface area contributed by atoms with Gasteiger partial charge in [-0.1, -0.05) is 48.2 Å². The lowest BCUT2D eigenvalue weighted by atomic mass is 10.1. The van der Waals surface area contributed by atoms with Crippen molar-refractivity contribution in [2.45, 2.75) is 26.3 Å². The average Bonchev–Trinajstić information content (AvgIpc) is 2.83. The van der Waals surface area contributed by atoms with E-state index in [0.29, 0.717) is 0 Å². The molecular weight excluding hydrogens is 292 g/mol. The summed E-state index contributed by atoms with van der Waals surface area (Å²) < 4.78 is 2.17. The van der Waals surface area contributed by atoms with Gasteiger partial charge in [-0.05, 0) is 39.0 Å². The zero-order valence-corrected chi connectivity index (χ0v) is 14.7. The lowest BCUT2D eigenvalue weighted by molar-refractivity contribution is 0.586. The summed E-state index contributed by atoms with van der Waals surface area (Å²) >= 11 is 0. The minimum atomic E-state index is -0.111. The van der Waals surface area contributed by atoms with Crippen molar-refractivity contribution in [3.63, 3.8) is 0 Å². The maximum Gasteiger partial charge on any atom is 0.0756 e. The van der Waals surface area contributed by atoms with Crippen LogP contribution in [0.5, 0.6) is 0 Å². The van der Waals surface area contributed by atoms with E-state index in [9.17, 15) is 0 Å². The average molecular weight is 314 g/mol. The zero-order chi connectivity index (χ0) is 17.2. The van der Waals surface area contributed by atoms with Crippen LogP contribution >= 0.6 is 0 Å². The topological polar surface area (TPSA) is 17.3 Å². The molecule has 0 atom stereocenters. The van der Waals surface area contributed by atoms with Crippen LogP contribution in [-0.4, -0.2) is 16.3 Å². The summed E-state index contributed by atoms with van der Waals surface area (Å²) in [6, 6.07) is 18.4. The number of hydrogen-bond acceptors (Lipinski definition) is 1. The minimum Gasteiger partial charge on any atom is -0.342 e. The Balaban J connectivity index is 2.18. The van der Waals surface area contributed by atoms with Crippen LogP contribution in [0.2, 0.25) is 0 Å². The molecular formula is C22H22N2. The first-order chi connectivity index (χ1) is 11.5. The molecule has 0 aliphatic carbocycles. The molecule has 0 saturated heterocycles. The van der Waals surface area contributed by atoms with Gasteiger partial charge in [0, 0.05) is 29.7 Å². The number of aromatic nitrogens is 1. The van der Waals surface area contributed by atoms with Crippen LogP contribution in [0.3, 0.4) is 0 Å². The van der Waals surface area contributed by atoms with Gasteiger partial charge in [-0.25, -0.2) is 0 Å². The number of rotatable bonds is 1. The summed E-state index contributed by atoms with van der Waals surface area (Å²) in [5.41, 5.74) is 4.16. The third-order valence-electron chi connectivity index (χ3n) is 3.83. The second-order valence-electron chi connectivity index (χ2n) is 6.88. The molecule has 0 spiro atoms. The second kappa shape index (κ2) is 6.37. The Morgan fingerprint density at radius 3 is 2.29 bits per heavy atom. The van der Waals surface area contributed by atoms with Crippen molar-refractivity contribution in [2.75, 3.05) is 0 Å². The van der Waals surface area contributed by atoms with Gasteiger partial charge < -0.3 is 4.57 Å². The number of hydrogen-bond donors (Lipinski definition) is 0. The fourth-order valence-electron chi connectivity index (χ4n) is 2.61. The van der Waals surface area contributed by atoms with Gasteiger partial charge >= 0.3 is 0 Å². The Labute approximate surface area is 143 Å². The molecule has 0 unspecified atom stereocenters. The Kier molecular flexibility index (Phi) is 4.27. The van der Waals surface area contributed by atoms with E-state index in [2.05, 4.69) is 73.5 Å². The molecule has 0 bridgehead atoms. The SMILES string of the molecule is Cn1c(C=NC(C)(C)C)c(C#Cc2ccccc2)c2ccccc21. The van der Waals surface area contributed by atoms with Crippen molar-refractivity contribution in [1.82, 2.24) is 4.57 Å². The van der Waals surface area contributed by atoms with Gasteiger partial charge in [0.25, 0.3) is 0 Å². The van der Waals surface area contributed by atoms with Gasteiger partial charge in [-0.3, -0.25) is 4.99 Å². The molecule has 0 saturated carbocycles. The van der Waals surface area contributed by atoms with Crippen molar-refractivity contribution in [2.24, 2.45) is 12.0 Å². The smallest absolute Gasteiger partial charge is 0.0756 e. The fraction of sp³-hybridized carbons (Fsp3) is 0.227. The lowest BCUT2D eigenvalue weighted by Gasteiger charge is -2.11. The molecule has 2 heteroatoms. The summed E-state index contributed by atoms with van der Waals surface area (Å²) in [5, 5.41) is 1.17. The van der Waals surface area contributed by atoms with Crippen LogP contribution in [-0.2, 0) is 7.05 Å².